The smallest absolute Gasteiger partial charge is 0.273 e. The van der Waals surface area contributed by atoms with Gasteiger partial charge >= 0.3 is 0 Å². The maximum absolute atomic E-state index is 13.0. The summed E-state index contributed by atoms with van der Waals surface area (Å²) in [6.45, 7) is 4.43. The Kier molecular flexibility index (Phi) is 6.48. The second-order valence-corrected chi connectivity index (χ2v) is 8.58. The van der Waals surface area contributed by atoms with Gasteiger partial charge in [0.25, 0.3) is 5.56 Å². The van der Waals surface area contributed by atoms with Crippen LogP contribution in [0.2, 0.25) is 0 Å². The maximum atomic E-state index is 13.0. The van der Waals surface area contributed by atoms with E-state index in [1.165, 1.54) is 23.3 Å². The zero-order valence-corrected chi connectivity index (χ0v) is 18.9. The Hall–Kier alpha value is -2.97. The number of aryl methyl sites for hydroxylation is 1. The van der Waals surface area contributed by atoms with Crippen molar-refractivity contribution in [2.75, 3.05) is 11.1 Å². The fraction of sp³-hybridized carbons (Fsp3) is 0.217. The van der Waals surface area contributed by atoms with Gasteiger partial charge in [-0.2, -0.15) is 4.37 Å². The molecule has 2 aromatic heterocycles. The second-order valence-electron chi connectivity index (χ2n) is 6.87. The van der Waals surface area contributed by atoms with E-state index in [2.05, 4.69) is 16.6 Å². The van der Waals surface area contributed by atoms with Gasteiger partial charge in [-0.3, -0.25) is 14.2 Å². The summed E-state index contributed by atoms with van der Waals surface area (Å²) in [4.78, 5) is 30.4. The highest BCUT2D eigenvalue weighted by Crippen LogP contribution is 2.29. The van der Waals surface area contributed by atoms with Gasteiger partial charge in [-0.25, -0.2) is 4.98 Å². The first-order chi connectivity index (χ1) is 15.1. The number of aromatic nitrogens is 3. The third kappa shape index (κ3) is 4.40. The van der Waals surface area contributed by atoms with Crippen LogP contribution < -0.4 is 10.9 Å². The molecule has 0 spiro atoms. The summed E-state index contributed by atoms with van der Waals surface area (Å²) in [7, 11) is 0. The third-order valence-corrected chi connectivity index (χ3v) is 6.71. The molecule has 4 rings (SSSR count). The lowest BCUT2D eigenvalue weighted by Gasteiger charge is -2.11. The van der Waals surface area contributed by atoms with Gasteiger partial charge in [0.1, 0.15) is 15.9 Å². The van der Waals surface area contributed by atoms with Gasteiger partial charge < -0.3 is 5.32 Å². The van der Waals surface area contributed by atoms with Gasteiger partial charge in [0.2, 0.25) is 5.91 Å². The van der Waals surface area contributed by atoms with Crippen LogP contribution in [0.4, 0.5) is 5.69 Å². The molecular formula is C23H22N4O2S2. The van der Waals surface area contributed by atoms with Gasteiger partial charge in [0, 0.05) is 17.8 Å². The largest absolute Gasteiger partial charge is 0.325 e. The molecule has 0 aliphatic rings. The number of para-hydroxylation sites is 1. The average molecular weight is 451 g/mol. The molecule has 158 valence electrons. The normalized spacial score (nSPS) is 11.0. The molecule has 0 saturated carbocycles. The van der Waals surface area contributed by atoms with Crippen molar-refractivity contribution < 1.29 is 4.79 Å². The van der Waals surface area contributed by atoms with E-state index in [0.717, 1.165) is 23.2 Å². The van der Waals surface area contributed by atoms with Crippen LogP contribution in [0.25, 0.3) is 21.5 Å². The first-order valence-electron chi connectivity index (χ1n) is 10.1. The summed E-state index contributed by atoms with van der Waals surface area (Å²) < 4.78 is 6.63. The summed E-state index contributed by atoms with van der Waals surface area (Å²) in [5.41, 5.74) is 3.99. The summed E-state index contributed by atoms with van der Waals surface area (Å²) in [5.74, 6) is 0.0310. The molecule has 31 heavy (non-hydrogen) atoms. The van der Waals surface area contributed by atoms with Crippen molar-refractivity contribution in [1.82, 2.24) is 13.9 Å². The van der Waals surface area contributed by atoms with E-state index in [0.29, 0.717) is 27.6 Å². The molecule has 1 amide bonds. The molecule has 0 fully saturated rings. The summed E-state index contributed by atoms with van der Waals surface area (Å²) in [6, 6.07) is 17.5. The number of amides is 1. The molecular weight excluding hydrogens is 428 g/mol. The van der Waals surface area contributed by atoms with Crippen LogP contribution in [0.3, 0.4) is 0 Å². The first-order valence-corrected chi connectivity index (χ1v) is 11.8. The molecule has 2 aromatic carbocycles. The highest BCUT2D eigenvalue weighted by atomic mass is 32.2. The Morgan fingerprint density at radius 3 is 2.58 bits per heavy atom. The zero-order chi connectivity index (χ0) is 21.8. The lowest BCUT2D eigenvalue weighted by Crippen LogP contribution is -2.23. The van der Waals surface area contributed by atoms with E-state index in [-0.39, 0.29) is 17.2 Å². The van der Waals surface area contributed by atoms with Crippen molar-refractivity contribution in [1.29, 1.82) is 0 Å². The molecule has 8 heteroatoms. The van der Waals surface area contributed by atoms with Crippen LogP contribution in [0.1, 0.15) is 19.4 Å². The summed E-state index contributed by atoms with van der Waals surface area (Å²) >= 11 is 2.43. The minimum absolute atomic E-state index is 0.119. The van der Waals surface area contributed by atoms with E-state index in [1.807, 2.05) is 61.5 Å². The predicted octanol–water partition coefficient (Wildman–Crippen LogP) is 4.83. The number of thioether (sulfide) groups is 1. The van der Waals surface area contributed by atoms with Crippen LogP contribution >= 0.6 is 23.3 Å². The van der Waals surface area contributed by atoms with E-state index < -0.39 is 0 Å². The number of hydrogen-bond donors (Lipinski definition) is 1. The molecule has 4 aromatic rings. The van der Waals surface area contributed by atoms with E-state index >= 15 is 0 Å². The van der Waals surface area contributed by atoms with Crippen LogP contribution in [-0.2, 0) is 17.8 Å². The van der Waals surface area contributed by atoms with Gasteiger partial charge in [-0.05, 0) is 36.5 Å². The highest BCUT2D eigenvalue weighted by molar-refractivity contribution is 7.99. The standard InChI is InChI=1S/C23H22N4O2S2/c1-3-15-10-8-9-13-17(15)24-18(28)14-30-23-25-20-19(16-11-6-5-7-12-16)26-31-21(20)22(29)27(23)4-2/h5-13H,3-4,14H2,1-2H3,(H,24,28). The van der Waals surface area contributed by atoms with Crippen LogP contribution in [0.15, 0.2) is 64.5 Å². The Balaban J connectivity index is 1.62. The van der Waals surface area contributed by atoms with Gasteiger partial charge in [-0.1, -0.05) is 67.2 Å². The zero-order valence-electron chi connectivity index (χ0n) is 17.3. The Bertz CT molecular complexity index is 1280. The minimum atomic E-state index is -0.130. The molecule has 1 N–H and O–H groups in total. The SMILES string of the molecule is CCc1ccccc1NC(=O)CSc1nc2c(-c3ccccc3)nsc2c(=O)n1CC. The summed E-state index contributed by atoms with van der Waals surface area (Å²) in [5, 5.41) is 3.49. The molecule has 0 aliphatic carbocycles. The molecule has 0 saturated heterocycles. The Morgan fingerprint density at radius 2 is 1.84 bits per heavy atom. The van der Waals surface area contributed by atoms with Crippen LogP contribution in [-0.4, -0.2) is 25.6 Å². The number of nitrogens with one attached hydrogen (secondary N) is 1. The lowest BCUT2D eigenvalue weighted by atomic mass is 10.1. The monoisotopic (exact) mass is 450 g/mol. The Labute approximate surface area is 188 Å². The van der Waals surface area contributed by atoms with Gasteiger partial charge in [-0.15, -0.1) is 0 Å². The van der Waals surface area contributed by atoms with E-state index in [9.17, 15) is 9.59 Å². The van der Waals surface area contributed by atoms with Crippen molar-refractivity contribution in [2.45, 2.75) is 32.0 Å². The van der Waals surface area contributed by atoms with E-state index in [4.69, 9.17) is 4.98 Å². The number of carbonyl (C=O) groups is 1. The van der Waals surface area contributed by atoms with Crippen molar-refractivity contribution >= 4 is 45.1 Å². The number of anilines is 1. The molecule has 0 aliphatic heterocycles. The Morgan fingerprint density at radius 1 is 1.10 bits per heavy atom. The fourth-order valence-electron chi connectivity index (χ4n) is 3.34. The van der Waals surface area contributed by atoms with Crippen molar-refractivity contribution in [3.63, 3.8) is 0 Å². The number of benzene rings is 2. The third-order valence-electron chi connectivity index (χ3n) is 4.91. The van der Waals surface area contributed by atoms with Crippen LogP contribution in [0.5, 0.6) is 0 Å². The molecule has 0 atom stereocenters. The molecule has 6 nitrogen and oxygen atoms in total. The van der Waals surface area contributed by atoms with Crippen LogP contribution in [0, 0.1) is 0 Å². The minimum Gasteiger partial charge on any atom is -0.325 e. The average Bonchev–Trinajstić information content (AvgIpc) is 3.23. The first kappa shape index (κ1) is 21.3. The highest BCUT2D eigenvalue weighted by Gasteiger charge is 2.18. The number of rotatable bonds is 7. The van der Waals surface area contributed by atoms with Crippen molar-refractivity contribution in [2.24, 2.45) is 0 Å². The van der Waals surface area contributed by atoms with Crippen molar-refractivity contribution in [3.8, 4) is 11.3 Å². The summed E-state index contributed by atoms with van der Waals surface area (Å²) in [6.07, 6.45) is 0.838. The number of carbonyl (C=O) groups excluding carboxylic acids is 1. The maximum Gasteiger partial charge on any atom is 0.273 e. The van der Waals surface area contributed by atoms with E-state index in [1.54, 1.807) is 4.57 Å². The molecule has 0 unspecified atom stereocenters. The fourth-order valence-corrected chi connectivity index (χ4v) is 4.98. The lowest BCUT2D eigenvalue weighted by molar-refractivity contribution is -0.113. The van der Waals surface area contributed by atoms with Crippen molar-refractivity contribution in [3.05, 3.63) is 70.5 Å². The molecule has 0 radical (unpaired) electrons. The predicted molar refractivity (Wildman–Crippen MR) is 128 cm³/mol. The second kappa shape index (κ2) is 9.45. The van der Waals surface area contributed by atoms with Gasteiger partial charge in [0.05, 0.1) is 5.75 Å². The quantitative estimate of drug-likeness (QED) is 0.322. The van der Waals surface area contributed by atoms with Gasteiger partial charge in [0.15, 0.2) is 5.16 Å². The number of hydrogen-bond acceptors (Lipinski definition) is 6. The number of fused-ring (bicyclic) bond motifs is 1. The number of nitrogens with zero attached hydrogens (tertiary/aromatic N) is 3. The molecule has 2 heterocycles. The topological polar surface area (TPSA) is 76.9 Å². The molecule has 0 bridgehead atoms.